The summed E-state index contributed by atoms with van der Waals surface area (Å²) >= 11 is 5.88. The van der Waals surface area contributed by atoms with Crippen molar-refractivity contribution in [3.63, 3.8) is 0 Å². The van der Waals surface area contributed by atoms with Gasteiger partial charge in [-0.15, -0.1) is 0 Å². The second-order valence-corrected chi connectivity index (χ2v) is 5.47. The predicted molar refractivity (Wildman–Crippen MR) is 71.6 cm³/mol. The van der Waals surface area contributed by atoms with Gasteiger partial charge in [-0.3, -0.25) is 4.79 Å². The molecular formula is C14H18ClNO2. The van der Waals surface area contributed by atoms with Crippen molar-refractivity contribution < 1.29 is 9.90 Å². The summed E-state index contributed by atoms with van der Waals surface area (Å²) in [5, 5.41) is 10.7. The number of carbonyl (C=O) groups is 1. The summed E-state index contributed by atoms with van der Waals surface area (Å²) < 4.78 is 0. The zero-order valence-electron chi connectivity index (χ0n) is 10.5. The number of nitrogens with zero attached hydrogens (tertiary/aromatic N) is 1. The maximum Gasteiger partial charge on any atom is 0.227 e. The van der Waals surface area contributed by atoms with Crippen molar-refractivity contribution >= 4 is 17.5 Å². The summed E-state index contributed by atoms with van der Waals surface area (Å²) in [5.41, 5.74) is 0.261. The maximum atomic E-state index is 12.0. The molecule has 0 radical (unpaired) electrons. The van der Waals surface area contributed by atoms with Crippen LogP contribution in [0.4, 0.5) is 0 Å². The molecule has 1 heterocycles. The number of amides is 1. The highest BCUT2D eigenvalue weighted by molar-refractivity contribution is 6.30. The Kier molecular flexibility index (Phi) is 3.93. The Hall–Kier alpha value is -1.06. The van der Waals surface area contributed by atoms with E-state index < -0.39 is 5.60 Å². The molecule has 1 N–H and O–H groups in total. The topological polar surface area (TPSA) is 40.5 Å². The van der Waals surface area contributed by atoms with E-state index in [0.717, 1.165) is 18.4 Å². The largest absolute Gasteiger partial charge is 0.386 e. The molecule has 0 aromatic heterocycles. The highest BCUT2D eigenvalue weighted by Gasteiger charge is 2.42. The molecule has 1 amide bonds. The molecule has 98 valence electrons. The lowest BCUT2D eigenvalue weighted by atomic mass is 9.89. The minimum absolute atomic E-state index is 0.0537. The molecule has 3 nitrogen and oxygen atoms in total. The van der Waals surface area contributed by atoms with Gasteiger partial charge in [0.15, 0.2) is 0 Å². The molecule has 1 aliphatic heterocycles. The fourth-order valence-electron chi connectivity index (χ4n) is 2.40. The van der Waals surface area contributed by atoms with Crippen molar-refractivity contribution in [3.05, 3.63) is 34.9 Å². The van der Waals surface area contributed by atoms with Gasteiger partial charge in [0, 0.05) is 5.02 Å². The van der Waals surface area contributed by atoms with Crippen molar-refractivity contribution in [2.45, 2.75) is 31.8 Å². The van der Waals surface area contributed by atoms with Crippen LogP contribution in [-0.4, -0.2) is 34.6 Å². The van der Waals surface area contributed by atoms with Crippen molar-refractivity contribution in [3.8, 4) is 0 Å². The molecule has 0 unspecified atom stereocenters. The average molecular weight is 268 g/mol. The number of β-amino-alcohol motifs (C(OH)–C–C–N with tert-alkyl or cyclic N) is 1. The first kappa shape index (κ1) is 13.4. The first-order valence-electron chi connectivity index (χ1n) is 6.27. The predicted octanol–water partition coefficient (Wildman–Crippen LogP) is 2.26. The average Bonchev–Trinajstić information content (AvgIpc) is 2.26. The second-order valence-electron chi connectivity index (χ2n) is 5.03. The molecule has 4 heteroatoms. The molecule has 1 saturated heterocycles. The number of rotatable bonds is 4. The van der Waals surface area contributed by atoms with Gasteiger partial charge in [-0.2, -0.15) is 0 Å². The van der Waals surface area contributed by atoms with Crippen LogP contribution in [0, 0.1) is 0 Å². The van der Waals surface area contributed by atoms with E-state index in [1.54, 1.807) is 17.0 Å². The quantitative estimate of drug-likeness (QED) is 0.909. The molecule has 1 fully saturated rings. The summed E-state index contributed by atoms with van der Waals surface area (Å²) in [6.07, 6.45) is 2.05. The molecule has 1 aromatic rings. The van der Waals surface area contributed by atoms with Gasteiger partial charge in [-0.25, -0.2) is 0 Å². The summed E-state index contributed by atoms with van der Waals surface area (Å²) in [4.78, 5) is 13.7. The number of hydrogen-bond donors (Lipinski definition) is 1. The Morgan fingerprint density at radius 1 is 1.50 bits per heavy atom. The van der Waals surface area contributed by atoms with E-state index in [1.807, 2.05) is 19.1 Å². The summed E-state index contributed by atoms with van der Waals surface area (Å²) in [6, 6.07) is 7.33. The van der Waals surface area contributed by atoms with Crippen LogP contribution < -0.4 is 0 Å². The van der Waals surface area contributed by atoms with Crippen molar-refractivity contribution in [2.75, 3.05) is 13.1 Å². The van der Waals surface area contributed by atoms with E-state index in [9.17, 15) is 9.90 Å². The molecule has 18 heavy (non-hydrogen) atoms. The van der Waals surface area contributed by atoms with E-state index >= 15 is 0 Å². The molecule has 0 saturated carbocycles. The molecule has 0 aliphatic carbocycles. The zero-order chi connectivity index (χ0) is 13.2. The summed E-state index contributed by atoms with van der Waals surface area (Å²) in [6.45, 7) is 2.95. The van der Waals surface area contributed by atoms with Crippen LogP contribution in [0.5, 0.6) is 0 Å². The van der Waals surface area contributed by atoms with Gasteiger partial charge in [-0.05, 0) is 24.1 Å². The van der Waals surface area contributed by atoms with Crippen LogP contribution in [0.1, 0.15) is 25.3 Å². The lowest BCUT2D eigenvalue weighted by Gasteiger charge is -2.46. The van der Waals surface area contributed by atoms with E-state index in [0.29, 0.717) is 24.5 Å². The number of likely N-dealkylation sites (tertiary alicyclic amines) is 1. The van der Waals surface area contributed by atoms with Gasteiger partial charge >= 0.3 is 0 Å². The number of carbonyl (C=O) groups excluding carboxylic acids is 1. The minimum Gasteiger partial charge on any atom is -0.386 e. The molecular weight excluding hydrogens is 250 g/mol. The van der Waals surface area contributed by atoms with Gasteiger partial charge in [0.25, 0.3) is 0 Å². The number of hydrogen-bond acceptors (Lipinski definition) is 2. The monoisotopic (exact) mass is 267 g/mol. The summed E-state index contributed by atoms with van der Waals surface area (Å²) in [7, 11) is 0. The molecule has 1 aliphatic rings. The smallest absolute Gasteiger partial charge is 0.227 e. The maximum absolute atomic E-state index is 12.0. The van der Waals surface area contributed by atoms with Gasteiger partial charge in [0.1, 0.15) is 0 Å². The number of benzene rings is 1. The van der Waals surface area contributed by atoms with Crippen LogP contribution in [0.25, 0.3) is 0 Å². The van der Waals surface area contributed by atoms with Gasteiger partial charge in [-0.1, -0.05) is 37.1 Å². The lowest BCUT2D eigenvalue weighted by Crippen LogP contribution is -2.63. The third kappa shape index (κ3) is 3.03. The molecule has 0 bridgehead atoms. The number of aliphatic hydroxyl groups is 1. The fourth-order valence-corrected chi connectivity index (χ4v) is 2.61. The Morgan fingerprint density at radius 2 is 2.22 bits per heavy atom. The third-order valence-electron chi connectivity index (χ3n) is 3.28. The Bertz CT molecular complexity index is 441. The van der Waals surface area contributed by atoms with Gasteiger partial charge in [0.05, 0.1) is 25.1 Å². The normalized spacial score (nSPS) is 17.4. The number of halogens is 1. The van der Waals surface area contributed by atoms with Crippen LogP contribution in [0.3, 0.4) is 0 Å². The minimum atomic E-state index is -0.654. The SMILES string of the molecule is CCCC1(O)CN(C(=O)Cc2cccc(Cl)c2)C1. The highest BCUT2D eigenvalue weighted by Crippen LogP contribution is 2.26. The second kappa shape index (κ2) is 5.29. The summed E-state index contributed by atoms with van der Waals surface area (Å²) in [5.74, 6) is 0.0537. The van der Waals surface area contributed by atoms with Crippen LogP contribution in [-0.2, 0) is 11.2 Å². The van der Waals surface area contributed by atoms with Crippen LogP contribution in [0.2, 0.25) is 5.02 Å². The molecule has 0 spiro atoms. The Balaban J connectivity index is 1.87. The first-order chi connectivity index (χ1) is 8.52. The Morgan fingerprint density at radius 3 is 2.83 bits per heavy atom. The third-order valence-corrected chi connectivity index (χ3v) is 3.52. The highest BCUT2D eigenvalue weighted by atomic mass is 35.5. The van der Waals surface area contributed by atoms with Crippen LogP contribution in [0.15, 0.2) is 24.3 Å². The van der Waals surface area contributed by atoms with E-state index in [2.05, 4.69) is 0 Å². The van der Waals surface area contributed by atoms with E-state index in [1.165, 1.54) is 0 Å². The standard InChI is InChI=1S/C14H18ClNO2/c1-2-6-14(18)9-16(10-14)13(17)8-11-4-3-5-12(15)7-11/h3-5,7,18H,2,6,8-10H2,1H3. The Labute approximate surface area is 112 Å². The van der Waals surface area contributed by atoms with Gasteiger partial charge in [0.2, 0.25) is 5.91 Å². The molecule has 1 aromatic carbocycles. The first-order valence-corrected chi connectivity index (χ1v) is 6.65. The van der Waals surface area contributed by atoms with Crippen molar-refractivity contribution in [1.29, 1.82) is 0 Å². The zero-order valence-corrected chi connectivity index (χ0v) is 11.3. The van der Waals surface area contributed by atoms with Gasteiger partial charge < -0.3 is 10.0 Å². The fraction of sp³-hybridized carbons (Fsp3) is 0.500. The molecule has 0 atom stereocenters. The van der Waals surface area contributed by atoms with Crippen molar-refractivity contribution in [2.24, 2.45) is 0 Å². The van der Waals surface area contributed by atoms with Crippen molar-refractivity contribution in [1.82, 2.24) is 4.90 Å². The van der Waals surface area contributed by atoms with Crippen LogP contribution >= 0.6 is 11.6 Å². The molecule has 2 rings (SSSR count). The van der Waals surface area contributed by atoms with E-state index in [4.69, 9.17) is 11.6 Å². The van der Waals surface area contributed by atoms with E-state index in [-0.39, 0.29) is 5.91 Å². The lowest BCUT2D eigenvalue weighted by molar-refractivity contribution is -0.155.